The molecule has 0 aliphatic carbocycles. The van der Waals surface area contributed by atoms with Crippen molar-refractivity contribution in [2.45, 2.75) is 117 Å². The number of rotatable bonds is 24. The predicted molar refractivity (Wildman–Crippen MR) is 229 cm³/mol. The maximum atomic E-state index is 13.9. The molecule has 2 amide bonds. The Balaban J connectivity index is 1.35. The third-order valence-corrected chi connectivity index (χ3v) is 10.5. The van der Waals surface area contributed by atoms with E-state index < -0.39 is 11.9 Å². The Hall–Kier alpha value is -5.25. The fraction of sp³-hybridized carbons (Fsp3) is 0.457. The number of benzene rings is 4. The van der Waals surface area contributed by atoms with Crippen molar-refractivity contribution in [2.75, 3.05) is 35.8 Å². The van der Waals surface area contributed by atoms with E-state index in [1.807, 2.05) is 18.0 Å². The van der Waals surface area contributed by atoms with Gasteiger partial charge in [0.2, 0.25) is 5.91 Å². The van der Waals surface area contributed by atoms with Crippen LogP contribution in [-0.2, 0) is 4.79 Å². The summed E-state index contributed by atoms with van der Waals surface area (Å²) in [5, 5.41) is 33.8. The minimum atomic E-state index is -1.11. The molecular formula is C46H61N5O5. The van der Waals surface area contributed by atoms with Gasteiger partial charge in [0.15, 0.2) is 0 Å². The number of unbranched alkanes of at least 4 members (excludes halogenated alkanes) is 15. The summed E-state index contributed by atoms with van der Waals surface area (Å²) in [5.74, 6) is -2.03. The molecule has 4 rings (SSSR count). The summed E-state index contributed by atoms with van der Waals surface area (Å²) in [6.07, 6.45) is 20.7. The Morgan fingerprint density at radius 1 is 0.679 bits per heavy atom. The zero-order valence-corrected chi connectivity index (χ0v) is 33.9. The number of hydrogen-bond donors (Lipinski definition) is 3. The summed E-state index contributed by atoms with van der Waals surface area (Å²) in [5.41, 5.74) is 2.65. The molecule has 0 aliphatic rings. The molecule has 0 aliphatic heterocycles. The van der Waals surface area contributed by atoms with Gasteiger partial charge in [0.05, 0.1) is 33.9 Å². The lowest BCUT2D eigenvalue weighted by atomic mass is 10.0. The van der Waals surface area contributed by atoms with E-state index in [0.717, 1.165) is 19.4 Å². The molecule has 0 radical (unpaired) electrons. The third-order valence-electron chi connectivity index (χ3n) is 10.5. The van der Waals surface area contributed by atoms with Crippen LogP contribution in [0.2, 0.25) is 0 Å². The number of carboxylic acids is 1. The molecule has 3 N–H and O–H groups in total. The van der Waals surface area contributed by atoms with E-state index in [4.69, 9.17) is 0 Å². The number of nitrogens with zero attached hydrogens (tertiary/aromatic N) is 4. The molecule has 0 bridgehead atoms. The zero-order valence-electron chi connectivity index (χ0n) is 33.9. The number of anilines is 3. The van der Waals surface area contributed by atoms with E-state index in [1.165, 1.54) is 120 Å². The molecule has 4 aromatic rings. The van der Waals surface area contributed by atoms with Gasteiger partial charge in [-0.15, -0.1) is 5.11 Å². The summed E-state index contributed by atoms with van der Waals surface area (Å²) in [6, 6.07) is 20.3. The van der Waals surface area contributed by atoms with Crippen LogP contribution in [0.15, 0.2) is 83.0 Å². The highest BCUT2D eigenvalue weighted by atomic mass is 16.4. The average Bonchev–Trinajstić information content (AvgIpc) is 3.20. The van der Waals surface area contributed by atoms with Gasteiger partial charge in [-0.05, 0) is 55.0 Å². The van der Waals surface area contributed by atoms with E-state index in [0.29, 0.717) is 39.2 Å². The van der Waals surface area contributed by atoms with E-state index in [9.17, 15) is 24.6 Å². The summed E-state index contributed by atoms with van der Waals surface area (Å²) in [6.45, 7) is 4.49. The van der Waals surface area contributed by atoms with Gasteiger partial charge in [-0.25, -0.2) is 4.79 Å². The number of hydrogen-bond acceptors (Lipinski definition) is 7. The number of carboxylic acid groups (broad SMARTS) is 1. The van der Waals surface area contributed by atoms with Crippen LogP contribution in [0.5, 0.6) is 5.75 Å². The highest BCUT2D eigenvalue weighted by Crippen LogP contribution is 2.38. The number of aromatic carboxylic acids is 1. The first-order valence-electron chi connectivity index (χ1n) is 20.5. The molecule has 0 saturated carbocycles. The molecule has 0 saturated heterocycles. The average molecular weight is 764 g/mol. The number of phenols is 1. The third kappa shape index (κ3) is 13.2. The van der Waals surface area contributed by atoms with Crippen molar-refractivity contribution >= 4 is 57.0 Å². The SMILES string of the molecule is CCCCCCCCCCCCCCCCCCN(C)c1ccc(C(=O)O)cc1NC(=O)c1cc(N=Nc2ccc(N(C)C(C)=O)cc2)c2ccccc2c1O. The van der Waals surface area contributed by atoms with Crippen LogP contribution in [0.3, 0.4) is 0 Å². The molecule has 0 aromatic heterocycles. The number of phenolic OH excluding ortho intramolecular Hbond substituents is 1. The van der Waals surface area contributed by atoms with Crippen molar-refractivity contribution < 1.29 is 24.6 Å². The van der Waals surface area contributed by atoms with Crippen LogP contribution in [-0.4, -0.2) is 48.6 Å². The number of carbonyl (C=O) groups is 3. The van der Waals surface area contributed by atoms with Gasteiger partial charge in [0.1, 0.15) is 5.75 Å². The van der Waals surface area contributed by atoms with Crippen LogP contribution < -0.4 is 15.1 Å². The molecule has 10 nitrogen and oxygen atoms in total. The van der Waals surface area contributed by atoms with Crippen molar-refractivity contribution in [2.24, 2.45) is 10.2 Å². The highest BCUT2D eigenvalue weighted by Gasteiger charge is 2.20. The first-order valence-corrected chi connectivity index (χ1v) is 20.5. The Bertz CT molecular complexity index is 1910. The van der Waals surface area contributed by atoms with Gasteiger partial charge in [0, 0.05) is 44.0 Å². The van der Waals surface area contributed by atoms with Gasteiger partial charge >= 0.3 is 5.97 Å². The number of amides is 2. The minimum absolute atomic E-state index is 0.0248. The smallest absolute Gasteiger partial charge is 0.335 e. The number of fused-ring (bicyclic) bond motifs is 1. The van der Waals surface area contributed by atoms with Crippen molar-refractivity contribution in [1.82, 2.24) is 0 Å². The van der Waals surface area contributed by atoms with E-state index in [-0.39, 0.29) is 22.8 Å². The lowest BCUT2D eigenvalue weighted by Crippen LogP contribution is -2.22. The lowest BCUT2D eigenvalue weighted by molar-refractivity contribution is -0.116. The maximum absolute atomic E-state index is 13.9. The number of azo groups is 1. The van der Waals surface area contributed by atoms with E-state index in [2.05, 4.69) is 22.5 Å². The van der Waals surface area contributed by atoms with Crippen LogP contribution in [0, 0.1) is 0 Å². The zero-order chi connectivity index (χ0) is 40.3. The van der Waals surface area contributed by atoms with Crippen molar-refractivity contribution in [3.63, 3.8) is 0 Å². The van der Waals surface area contributed by atoms with Gasteiger partial charge < -0.3 is 25.3 Å². The van der Waals surface area contributed by atoms with Crippen LogP contribution in [0.1, 0.15) is 137 Å². The molecule has 10 heteroatoms. The quantitative estimate of drug-likeness (QED) is 0.0480. The van der Waals surface area contributed by atoms with E-state index in [1.54, 1.807) is 55.6 Å². The number of carbonyl (C=O) groups excluding carboxylic acids is 2. The minimum Gasteiger partial charge on any atom is -0.506 e. The topological polar surface area (TPSA) is 135 Å². The van der Waals surface area contributed by atoms with Crippen molar-refractivity contribution in [3.8, 4) is 5.75 Å². The van der Waals surface area contributed by atoms with Crippen molar-refractivity contribution in [3.05, 3.63) is 83.9 Å². The molecule has 56 heavy (non-hydrogen) atoms. The molecule has 0 spiro atoms. The first kappa shape index (κ1) is 43.5. The van der Waals surface area contributed by atoms with E-state index >= 15 is 0 Å². The predicted octanol–water partition coefficient (Wildman–Crippen LogP) is 12.6. The lowest BCUT2D eigenvalue weighted by Gasteiger charge is -2.23. The fourth-order valence-corrected chi connectivity index (χ4v) is 6.94. The van der Waals surface area contributed by atoms with Crippen LogP contribution in [0.4, 0.5) is 28.4 Å². The molecular weight excluding hydrogens is 703 g/mol. The first-order chi connectivity index (χ1) is 27.1. The van der Waals surface area contributed by atoms with Gasteiger partial charge in [-0.1, -0.05) is 128 Å². The molecule has 0 unspecified atom stereocenters. The molecule has 0 heterocycles. The van der Waals surface area contributed by atoms with Crippen molar-refractivity contribution in [1.29, 1.82) is 0 Å². The standard InChI is InChI=1S/C46H61N5O5/c1-5-6-7-8-9-10-11-12-13-14-15-16-17-18-19-22-31-50(3)43-30-25-35(46(55)56)32-42(43)47-45(54)40-33-41(38-23-20-21-24-39(38)44(40)53)49-48-36-26-28-37(29-27-36)51(4)34(2)52/h20-21,23-30,32-33,53H,5-19,22,31H2,1-4H3,(H,47,54)(H,55,56). The van der Waals surface area contributed by atoms with Gasteiger partial charge in [-0.3, -0.25) is 9.59 Å². The highest BCUT2D eigenvalue weighted by molar-refractivity contribution is 6.13. The Morgan fingerprint density at radius 2 is 1.23 bits per heavy atom. The number of nitrogens with one attached hydrogen (secondary N) is 1. The Morgan fingerprint density at radius 3 is 1.79 bits per heavy atom. The molecule has 300 valence electrons. The second kappa shape index (κ2) is 23.0. The Labute approximate surface area is 333 Å². The monoisotopic (exact) mass is 763 g/mol. The summed E-state index contributed by atoms with van der Waals surface area (Å²) in [4.78, 5) is 41.1. The van der Waals surface area contributed by atoms with Crippen LogP contribution >= 0.6 is 0 Å². The number of aromatic hydroxyl groups is 1. The maximum Gasteiger partial charge on any atom is 0.335 e. The largest absolute Gasteiger partial charge is 0.506 e. The fourth-order valence-electron chi connectivity index (χ4n) is 6.94. The summed E-state index contributed by atoms with van der Waals surface area (Å²) in [7, 11) is 3.63. The van der Waals surface area contributed by atoms with Crippen LogP contribution in [0.25, 0.3) is 10.8 Å². The molecule has 0 fully saturated rings. The Kier molecular flexibility index (Phi) is 17.8. The molecule has 4 aromatic carbocycles. The second-order valence-electron chi connectivity index (χ2n) is 14.8. The van der Waals surface area contributed by atoms with Gasteiger partial charge in [-0.2, -0.15) is 5.11 Å². The summed E-state index contributed by atoms with van der Waals surface area (Å²) >= 11 is 0. The molecule has 0 atom stereocenters. The second-order valence-corrected chi connectivity index (χ2v) is 14.8. The summed E-state index contributed by atoms with van der Waals surface area (Å²) < 4.78 is 0. The normalized spacial score (nSPS) is 11.3. The van der Waals surface area contributed by atoms with Gasteiger partial charge in [0.25, 0.3) is 5.91 Å².